The van der Waals surface area contributed by atoms with Crippen molar-refractivity contribution in [3.05, 3.63) is 72.1 Å². The van der Waals surface area contributed by atoms with Crippen LogP contribution < -0.4 is 5.63 Å². The van der Waals surface area contributed by atoms with E-state index in [1.807, 2.05) is 0 Å². The SMILES string of the molecule is Cc1ccc(C(c2c(O)cc(CC3(Cc4cccs4)CC3)oc2=O)C2CC2)s1. The summed E-state index contributed by atoms with van der Waals surface area (Å²) in [4.78, 5) is 16.7. The van der Waals surface area contributed by atoms with Gasteiger partial charge in [0, 0.05) is 33.0 Å². The van der Waals surface area contributed by atoms with E-state index in [0.29, 0.717) is 17.2 Å². The molecule has 146 valence electrons. The number of hydrogen-bond donors (Lipinski definition) is 1. The lowest BCUT2D eigenvalue weighted by atomic mass is 9.91. The van der Waals surface area contributed by atoms with Gasteiger partial charge in [-0.1, -0.05) is 6.07 Å². The molecule has 3 aromatic heterocycles. The van der Waals surface area contributed by atoms with Gasteiger partial charge in [0.05, 0.1) is 5.56 Å². The van der Waals surface area contributed by atoms with Gasteiger partial charge >= 0.3 is 5.63 Å². The monoisotopic (exact) mass is 412 g/mol. The standard InChI is InChI=1S/C23H24O3S2/c1-14-4-7-19(28-14)20(15-5-6-15)21-18(24)11-16(26-22(21)25)12-23(8-9-23)13-17-3-2-10-27-17/h2-4,7,10-11,15,20,24H,5-6,8-9,12-13H2,1H3. The highest BCUT2D eigenvalue weighted by molar-refractivity contribution is 7.12. The second-order valence-electron chi connectivity index (χ2n) is 8.50. The highest BCUT2D eigenvalue weighted by Crippen LogP contribution is 2.52. The van der Waals surface area contributed by atoms with Crippen molar-refractivity contribution in [1.82, 2.24) is 0 Å². The Kier molecular flexibility index (Phi) is 4.48. The summed E-state index contributed by atoms with van der Waals surface area (Å²) in [5, 5.41) is 12.9. The fourth-order valence-corrected chi connectivity index (χ4v) is 6.28. The summed E-state index contributed by atoms with van der Waals surface area (Å²) in [6.07, 6.45) is 6.25. The Bertz CT molecular complexity index is 1040. The van der Waals surface area contributed by atoms with Crippen LogP contribution in [-0.2, 0) is 12.8 Å². The van der Waals surface area contributed by atoms with Crippen LogP contribution in [0.1, 0.15) is 57.6 Å². The van der Waals surface area contributed by atoms with E-state index in [1.54, 1.807) is 28.7 Å². The molecule has 2 saturated carbocycles. The molecule has 0 aliphatic heterocycles. The molecule has 1 unspecified atom stereocenters. The van der Waals surface area contributed by atoms with Crippen LogP contribution in [-0.4, -0.2) is 5.11 Å². The highest BCUT2D eigenvalue weighted by Gasteiger charge is 2.44. The first-order valence-electron chi connectivity index (χ1n) is 9.98. The minimum Gasteiger partial charge on any atom is -0.507 e. The van der Waals surface area contributed by atoms with Crippen LogP contribution in [0.25, 0.3) is 0 Å². The van der Waals surface area contributed by atoms with Crippen LogP contribution in [0.15, 0.2) is 44.9 Å². The molecule has 2 fully saturated rings. The first-order valence-corrected chi connectivity index (χ1v) is 11.7. The molecule has 5 rings (SSSR count). The average Bonchev–Trinajstić information content (AvgIpc) is 3.51. The molecule has 0 amide bonds. The molecule has 0 saturated heterocycles. The normalized spacial score (nSPS) is 18.9. The summed E-state index contributed by atoms with van der Waals surface area (Å²) in [6.45, 7) is 2.08. The van der Waals surface area contributed by atoms with Crippen molar-refractivity contribution in [3.63, 3.8) is 0 Å². The Morgan fingerprint density at radius 1 is 1.25 bits per heavy atom. The minimum absolute atomic E-state index is 0.0370. The zero-order valence-electron chi connectivity index (χ0n) is 15.9. The van der Waals surface area contributed by atoms with E-state index in [2.05, 4.69) is 36.6 Å². The molecular weight excluding hydrogens is 388 g/mol. The predicted molar refractivity (Wildman–Crippen MR) is 114 cm³/mol. The van der Waals surface area contributed by atoms with Gasteiger partial charge in [-0.15, -0.1) is 22.7 Å². The fourth-order valence-electron chi connectivity index (χ4n) is 4.32. The van der Waals surface area contributed by atoms with Gasteiger partial charge in [0.25, 0.3) is 0 Å². The maximum Gasteiger partial charge on any atom is 0.343 e. The third-order valence-corrected chi connectivity index (χ3v) is 8.09. The summed E-state index contributed by atoms with van der Waals surface area (Å²) in [7, 11) is 0. The van der Waals surface area contributed by atoms with Crippen molar-refractivity contribution in [2.75, 3.05) is 0 Å². The molecule has 0 radical (unpaired) electrons. The van der Waals surface area contributed by atoms with Crippen molar-refractivity contribution >= 4 is 22.7 Å². The smallest absolute Gasteiger partial charge is 0.343 e. The summed E-state index contributed by atoms with van der Waals surface area (Å²) in [5.41, 5.74) is 0.288. The van der Waals surface area contributed by atoms with Gasteiger partial charge in [-0.05, 0) is 73.9 Å². The fraction of sp³-hybridized carbons (Fsp3) is 0.435. The topological polar surface area (TPSA) is 50.4 Å². The predicted octanol–water partition coefficient (Wildman–Crippen LogP) is 5.88. The molecule has 1 atom stereocenters. The molecule has 28 heavy (non-hydrogen) atoms. The lowest BCUT2D eigenvalue weighted by molar-refractivity contribution is 0.372. The lowest BCUT2D eigenvalue weighted by Gasteiger charge is -2.17. The van der Waals surface area contributed by atoms with Gasteiger partial charge in [0.15, 0.2) is 0 Å². The second-order valence-corrected chi connectivity index (χ2v) is 10.8. The van der Waals surface area contributed by atoms with Gasteiger partial charge in [-0.2, -0.15) is 0 Å². The average molecular weight is 413 g/mol. The maximum absolute atomic E-state index is 12.9. The van der Waals surface area contributed by atoms with Gasteiger partial charge in [0.2, 0.25) is 0 Å². The molecular formula is C23H24O3S2. The minimum atomic E-state index is -0.357. The number of aryl methyl sites for hydroxylation is 1. The summed E-state index contributed by atoms with van der Waals surface area (Å²) < 4.78 is 5.76. The third kappa shape index (κ3) is 3.58. The Labute approximate surface area is 172 Å². The van der Waals surface area contributed by atoms with E-state index in [-0.39, 0.29) is 22.7 Å². The van der Waals surface area contributed by atoms with Crippen molar-refractivity contribution in [2.45, 2.75) is 51.4 Å². The molecule has 3 heterocycles. The van der Waals surface area contributed by atoms with Crippen LogP contribution in [0.2, 0.25) is 0 Å². The van der Waals surface area contributed by atoms with Gasteiger partial charge in [-0.25, -0.2) is 4.79 Å². The summed E-state index contributed by atoms with van der Waals surface area (Å²) in [5.74, 6) is 1.13. The second kappa shape index (κ2) is 6.89. The van der Waals surface area contributed by atoms with E-state index in [4.69, 9.17) is 4.42 Å². The van der Waals surface area contributed by atoms with E-state index in [1.165, 1.54) is 9.75 Å². The Morgan fingerprint density at radius 3 is 2.64 bits per heavy atom. The molecule has 0 aromatic carbocycles. The highest BCUT2D eigenvalue weighted by atomic mass is 32.1. The van der Waals surface area contributed by atoms with E-state index < -0.39 is 0 Å². The molecule has 2 aliphatic carbocycles. The Balaban J connectivity index is 1.43. The summed E-state index contributed by atoms with van der Waals surface area (Å²) in [6, 6.07) is 10.1. The first-order chi connectivity index (χ1) is 13.5. The van der Waals surface area contributed by atoms with E-state index in [0.717, 1.165) is 43.4 Å². The largest absolute Gasteiger partial charge is 0.507 e. The third-order valence-electron chi connectivity index (χ3n) is 6.13. The number of thiophene rings is 2. The molecule has 1 N–H and O–H groups in total. The number of rotatable bonds is 7. The van der Waals surface area contributed by atoms with Crippen LogP contribution in [0, 0.1) is 18.3 Å². The van der Waals surface area contributed by atoms with Gasteiger partial charge < -0.3 is 9.52 Å². The Hall–Kier alpha value is -1.85. The quantitative estimate of drug-likeness (QED) is 0.527. The number of aromatic hydroxyl groups is 1. The van der Waals surface area contributed by atoms with Crippen LogP contribution in [0.5, 0.6) is 5.75 Å². The van der Waals surface area contributed by atoms with Crippen molar-refractivity contribution < 1.29 is 9.52 Å². The zero-order valence-corrected chi connectivity index (χ0v) is 17.6. The lowest BCUT2D eigenvalue weighted by Crippen LogP contribution is -2.17. The van der Waals surface area contributed by atoms with Crippen molar-refractivity contribution in [1.29, 1.82) is 0 Å². The van der Waals surface area contributed by atoms with E-state index in [9.17, 15) is 9.90 Å². The van der Waals surface area contributed by atoms with Gasteiger partial charge in [0.1, 0.15) is 11.5 Å². The molecule has 3 nitrogen and oxygen atoms in total. The zero-order chi connectivity index (χ0) is 19.3. The molecule has 3 aromatic rings. The molecule has 2 aliphatic rings. The molecule has 5 heteroatoms. The first kappa shape index (κ1) is 18.2. The van der Waals surface area contributed by atoms with Crippen LogP contribution in [0.4, 0.5) is 0 Å². The Morgan fingerprint density at radius 2 is 2.07 bits per heavy atom. The summed E-state index contributed by atoms with van der Waals surface area (Å²) >= 11 is 3.49. The molecule has 0 spiro atoms. The van der Waals surface area contributed by atoms with Crippen molar-refractivity contribution in [2.24, 2.45) is 11.3 Å². The maximum atomic E-state index is 12.9. The number of hydrogen-bond acceptors (Lipinski definition) is 5. The molecule has 0 bridgehead atoms. The van der Waals surface area contributed by atoms with Crippen LogP contribution in [0.3, 0.4) is 0 Å². The van der Waals surface area contributed by atoms with Gasteiger partial charge in [-0.3, -0.25) is 0 Å². The van der Waals surface area contributed by atoms with Crippen molar-refractivity contribution in [3.8, 4) is 5.75 Å². The van der Waals surface area contributed by atoms with E-state index >= 15 is 0 Å². The van der Waals surface area contributed by atoms with Crippen LogP contribution >= 0.6 is 22.7 Å².